The van der Waals surface area contributed by atoms with Crippen molar-refractivity contribution in [3.8, 4) is 11.1 Å². The van der Waals surface area contributed by atoms with E-state index in [1.165, 1.54) is 22.9 Å². The lowest BCUT2D eigenvalue weighted by atomic mass is 9.98. The molecular weight excluding hydrogens is 452 g/mol. The first-order chi connectivity index (χ1) is 16.4. The Hall–Kier alpha value is -3.26. The molecule has 3 N–H and O–H groups in total. The summed E-state index contributed by atoms with van der Waals surface area (Å²) >= 11 is 1.32. The Morgan fingerprint density at radius 2 is 1.68 bits per heavy atom. The summed E-state index contributed by atoms with van der Waals surface area (Å²) in [6.07, 6.45) is 1.53. The van der Waals surface area contributed by atoms with Crippen LogP contribution in [0, 0.1) is 0 Å². The number of carboxylic acids is 1. The van der Waals surface area contributed by atoms with Crippen molar-refractivity contribution in [1.82, 2.24) is 10.6 Å². The fraction of sp³-hybridized carbons (Fsp3) is 0.346. The van der Waals surface area contributed by atoms with Gasteiger partial charge in [-0.3, -0.25) is 4.79 Å². The fourth-order valence-corrected chi connectivity index (χ4v) is 4.51. The number of nitrogens with one attached hydrogen (secondary N) is 2. The average molecular weight is 483 g/mol. The lowest BCUT2D eigenvalue weighted by Gasteiger charge is -2.15. The highest BCUT2D eigenvalue weighted by Crippen LogP contribution is 2.44. The van der Waals surface area contributed by atoms with Gasteiger partial charge in [-0.05, 0) is 42.5 Å². The van der Waals surface area contributed by atoms with E-state index in [4.69, 9.17) is 4.74 Å². The van der Waals surface area contributed by atoms with Crippen LogP contribution in [0.2, 0.25) is 0 Å². The van der Waals surface area contributed by atoms with E-state index in [1.807, 2.05) is 38.1 Å². The number of thioether (sulfide) groups is 1. The van der Waals surface area contributed by atoms with E-state index in [-0.39, 0.29) is 30.6 Å². The molecule has 2 aromatic rings. The third-order valence-corrected chi connectivity index (χ3v) is 6.45. The maximum absolute atomic E-state index is 12.2. The maximum atomic E-state index is 12.2. The van der Waals surface area contributed by atoms with Crippen molar-refractivity contribution in [3.63, 3.8) is 0 Å². The molecule has 1 aliphatic rings. The summed E-state index contributed by atoms with van der Waals surface area (Å²) in [4.78, 5) is 35.5. The second-order valence-corrected chi connectivity index (χ2v) is 9.39. The minimum absolute atomic E-state index is 0.00439. The molecule has 8 heteroatoms. The number of carbonyl (C=O) groups is 3. The van der Waals surface area contributed by atoms with Crippen LogP contribution in [0.25, 0.3) is 11.1 Å². The molecule has 3 rings (SSSR count). The van der Waals surface area contributed by atoms with E-state index in [0.29, 0.717) is 12.3 Å². The van der Waals surface area contributed by atoms with Crippen LogP contribution in [0.1, 0.15) is 37.3 Å². The van der Waals surface area contributed by atoms with Crippen LogP contribution in [-0.4, -0.2) is 53.8 Å². The number of hydrogen-bond acceptors (Lipinski definition) is 5. The van der Waals surface area contributed by atoms with Crippen molar-refractivity contribution < 1.29 is 24.2 Å². The van der Waals surface area contributed by atoms with Gasteiger partial charge >= 0.3 is 12.1 Å². The largest absolute Gasteiger partial charge is 0.480 e. The van der Waals surface area contributed by atoms with Crippen LogP contribution in [0.5, 0.6) is 0 Å². The second-order valence-electron chi connectivity index (χ2n) is 8.28. The predicted octanol–water partition coefficient (Wildman–Crippen LogP) is 4.18. The first-order valence-electron chi connectivity index (χ1n) is 11.2. The number of carboxylic acid groups (broad SMARTS) is 1. The lowest BCUT2D eigenvalue weighted by molar-refractivity contribution is -0.141. The van der Waals surface area contributed by atoms with Crippen molar-refractivity contribution in [1.29, 1.82) is 0 Å². The Labute approximate surface area is 204 Å². The Morgan fingerprint density at radius 1 is 1.06 bits per heavy atom. The molecule has 7 nitrogen and oxygen atoms in total. The van der Waals surface area contributed by atoms with E-state index in [9.17, 15) is 19.5 Å². The van der Waals surface area contributed by atoms with Gasteiger partial charge in [-0.25, -0.2) is 9.59 Å². The van der Waals surface area contributed by atoms with E-state index in [0.717, 1.165) is 16.7 Å². The number of carbonyl (C=O) groups excluding carboxylic acids is 2. The van der Waals surface area contributed by atoms with Crippen LogP contribution in [0.3, 0.4) is 0 Å². The minimum Gasteiger partial charge on any atom is -0.480 e. The normalized spacial score (nSPS) is 12.8. The van der Waals surface area contributed by atoms with Crippen LogP contribution in [0.15, 0.2) is 60.2 Å². The van der Waals surface area contributed by atoms with Crippen LogP contribution in [0.4, 0.5) is 4.79 Å². The van der Waals surface area contributed by atoms with Gasteiger partial charge in [0.2, 0.25) is 5.91 Å². The van der Waals surface area contributed by atoms with Crippen molar-refractivity contribution in [2.24, 2.45) is 0 Å². The number of alkyl carbamates (subject to hydrolysis) is 1. The number of hydrogen-bond donors (Lipinski definition) is 3. The highest BCUT2D eigenvalue weighted by molar-refractivity contribution is 7.99. The molecule has 0 radical (unpaired) electrons. The van der Waals surface area contributed by atoms with E-state index in [1.54, 1.807) is 6.08 Å². The third-order valence-electron chi connectivity index (χ3n) is 5.49. The predicted molar refractivity (Wildman–Crippen MR) is 134 cm³/mol. The lowest BCUT2D eigenvalue weighted by Crippen LogP contribution is -2.41. The van der Waals surface area contributed by atoms with Crippen LogP contribution < -0.4 is 10.6 Å². The van der Waals surface area contributed by atoms with Crippen molar-refractivity contribution in [3.05, 3.63) is 71.3 Å². The Balaban J connectivity index is 1.37. The number of fused-ring (bicyclic) bond motifs is 3. The van der Waals surface area contributed by atoms with Gasteiger partial charge in [-0.1, -0.05) is 60.2 Å². The summed E-state index contributed by atoms with van der Waals surface area (Å²) < 4.78 is 5.48. The Morgan fingerprint density at radius 3 is 2.26 bits per heavy atom. The van der Waals surface area contributed by atoms with Gasteiger partial charge in [-0.15, -0.1) is 0 Å². The zero-order valence-electron chi connectivity index (χ0n) is 19.4. The van der Waals surface area contributed by atoms with E-state index >= 15 is 0 Å². The molecule has 0 saturated heterocycles. The first kappa shape index (κ1) is 25.4. The number of rotatable bonds is 11. The zero-order valence-corrected chi connectivity index (χ0v) is 20.2. The molecule has 0 bridgehead atoms. The third kappa shape index (κ3) is 6.87. The summed E-state index contributed by atoms with van der Waals surface area (Å²) in [5.41, 5.74) is 5.65. The zero-order chi connectivity index (χ0) is 24.5. The molecule has 0 fully saturated rings. The molecule has 0 aliphatic heterocycles. The first-order valence-corrected chi connectivity index (χ1v) is 12.3. The van der Waals surface area contributed by atoms with Gasteiger partial charge in [0.05, 0.1) is 5.75 Å². The van der Waals surface area contributed by atoms with Crippen molar-refractivity contribution >= 4 is 29.7 Å². The molecular formula is C26H30N2O5S. The molecule has 2 amide bonds. The van der Waals surface area contributed by atoms with Gasteiger partial charge in [0.1, 0.15) is 12.6 Å². The van der Waals surface area contributed by atoms with Gasteiger partial charge in [0.25, 0.3) is 0 Å². The van der Waals surface area contributed by atoms with Crippen LogP contribution in [-0.2, 0) is 14.3 Å². The summed E-state index contributed by atoms with van der Waals surface area (Å²) in [6.45, 7) is 4.34. The topological polar surface area (TPSA) is 105 Å². The number of benzene rings is 2. The summed E-state index contributed by atoms with van der Waals surface area (Å²) in [5.74, 6) is -0.785. The molecule has 0 heterocycles. The van der Waals surface area contributed by atoms with E-state index in [2.05, 4.69) is 34.9 Å². The minimum atomic E-state index is -1.06. The molecule has 0 spiro atoms. The molecule has 2 aromatic carbocycles. The van der Waals surface area contributed by atoms with E-state index < -0.39 is 18.1 Å². The highest BCUT2D eigenvalue weighted by Gasteiger charge is 2.29. The quantitative estimate of drug-likeness (QED) is 0.328. The number of amides is 2. The molecule has 1 unspecified atom stereocenters. The Kier molecular flexibility index (Phi) is 9.16. The summed E-state index contributed by atoms with van der Waals surface area (Å²) in [5, 5.41) is 14.5. The molecule has 34 heavy (non-hydrogen) atoms. The number of ether oxygens (including phenoxy) is 1. The SMILES string of the molecule is CC(C)=CCC(NC(=O)CSCCNC(=O)OCC1c2ccccc2-c2ccccc21)C(=O)O. The highest BCUT2D eigenvalue weighted by atomic mass is 32.2. The fourth-order valence-electron chi connectivity index (χ4n) is 3.85. The van der Waals surface area contributed by atoms with Gasteiger partial charge in [-0.2, -0.15) is 11.8 Å². The average Bonchev–Trinajstić information content (AvgIpc) is 3.13. The van der Waals surface area contributed by atoms with Gasteiger partial charge in [0, 0.05) is 18.2 Å². The molecule has 180 valence electrons. The van der Waals surface area contributed by atoms with Crippen molar-refractivity contribution in [2.45, 2.75) is 32.2 Å². The van der Waals surface area contributed by atoms with Gasteiger partial charge in [0.15, 0.2) is 0 Å². The Bertz CT molecular complexity index is 1020. The summed E-state index contributed by atoms with van der Waals surface area (Å²) in [7, 11) is 0. The molecule has 0 saturated carbocycles. The monoisotopic (exact) mass is 482 g/mol. The number of aliphatic carboxylic acids is 1. The molecule has 1 aliphatic carbocycles. The van der Waals surface area contributed by atoms with Crippen LogP contribution >= 0.6 is 11.8 Å². The number of allylic oxidation sites excluding steroid dienone is 1. The van der Waals surface area contributed by atoms with Crippen molar-refractivity contribution in [2.75, 3.05) is 24.7 Å². The van der Waals surface area contributed by atoms with Gasteiger partial charge < -0.3 is 20.5 Å². The standard InChI is InChI=1S/C26H30N2O5S/c1-17(2)11-12-23(25(30)31)28-24(29)16-34-14-13-27-26(32)33-15-22-20-9-5-3-7-18(20)19-8-4-6-10-21(19)22/h3-11,22-23H,12-16H2,1-2H3,(H,27,32)(H,28,29)(H,30,31). The summed E-state index contributed by atoms with van der Waals surface area (Å²) in [6, 6.07) is 15.4. The smallest absolute Gasteiger partial charge is 0.407 e. The molecule has 1 atom stereocenters. The second kappa shape index (κ2) is 12.3. The maximum Gasteiger partial charge on any atom is 0.407 e. The molecule has 0 aromatic heterocycles.